The second-order valence-corrected chi connectivity index (χ2v) is 10.6. The fraction of sp³-hybridized carbons (Fsp3) is 0.182. The van der Waals surface area contributed by atoms with Crippen LogP contribution in [0.3, 0.4) is 0 Å². The van der Waals surface area contributed by atoms with E-state index in [0.717, 1.165) is 49.9 Å². The summed E-state index contributed by atoms with van der Waals surface area (Å²) in [4.78, 5) is 34.5. The summed E-state index contributed by atoms with van der Waals surface area (Å²) in [5, 5.41) is 11.9. The predicted octanol–water partition coefficient (Wildman–Crippen LogP) is 5.73. The molecule has 0 radical (unpaired) electrons. The Morgan fingerprint density at radius 2 is 1.79 bits per heavy atom. The maximum atomic E-state index is 13.0. The number of fused-ring (bicyclic) bond motifs is 2. The van der Waals surface area contributed by atoms with Gasteiger partial charge in [-0.15, -0.1) is 0 Å². The van der Waals surface area contributed by atoms with Gasteiger partial charge in [0.2, 0.25) is 0 Å². The number of aromatic nitrogens is 5. The highest BCUT2D eigenvalue weighted by molar-refractivity contribution is 6.00. The number of carbonyl (C=O) groups excluding carboxylic acids is 2. The van der Waals surface area contributed by atoms with Crippen LogP contribution in [-0.4, -0.2) is 36.1 Å². The highest BCUT2D eigenvalue weighted by Crippen LogP contribution is 2.29. The van der Waals surface area contributed by atoms with Crippen molar-refractivity contribution in [2.45, 2.75) is 40.5 Å². The monoisotopic (exact) mass is 573 g/mol. The zero-order valence-electron chi connectivity index (χ0n) is 24.2. The summed E-state index contributed by atoms with van der Waals surface area (Å²) in [6.07, 6.45) is 8.37. The maximum Gasteiger partial charge on any atom is 0.413 e. The van der Waals surface area contributed by atoms with Gasteiger partial charge in [0, 0.05) is 36.7 Å². The van der Waals surface area contributed by atoms with Gasteiger partial charge in [-0.2, -0.15) is 5.10 Å². The molecule has 0 unspecified atom stereocenters. The van der Waals surface area contributed by atoms with Crippen LogP contribution in [0.1, 0.15) is 43.9 Å². The standard InChI is InChI=1S/C33H31N7O3/c1-21-9-10-30-37-26(18-39(30)16-21)19-40-17-25(14-36-40)32(41)35-15-29-22(2)13-28-27(23(29)3)11-12-34-31(28)38-33(42)43-20-24-7-5-4-6-8-24/h4-14,16-18H,15,19-20H2,1-3H3,(H,35,41)(H,34,38,42). The largest absolute Gasteiger partial charge is 0.444 e. The Hall–Kier alpha value is -5.51. The van der Waals surface area contributed by atoms with E-state index in [2.05, 4.69) is 25.7 Å². The van der Waals surface area contributed by atoms with Gasteiger partial charge in [-0.3, -0.25) is 14.8 Å². The van der Waals surface area contributed by atoms with Crippen LogP contribution < -0.4 is 10.6 Å². The number of pyridine rings is 2. The minimum absolute atomic E-state index is 0.165. The first kappa shape index (κ1) is 27.6. The quantitative estimate of drug-likeness (QED) is 0.240. The van der Waals surface area contributed by atoms with Gasteiger partial charge in [-0.1, -0.05) is 36.4 Å². The number of hydrogen-bond acceptors (Lipinski definition) is 6. The summed E-state index contributed by atoms with van der Waals surface area (Å²) in [5.74, 6) is 0.208. The van der Waals surface area contributed by atoms with Crippen molar-refractivity contribution in [2.24, 2.45) is 0 Å². The molecule has 4 aromatic heterocycles. The smallest absolute Gasteiger partial charge is 0.413 e. The molecular formula is C33H31N7O3. The molecule has 0 fully saturated rings. The second kappa shape index (κ2) is 11.8. The highest BCUT2D eigenvalue weighted by atomic mass is 16.5. The van der Waals surface area contributed by atoms with E-state index in [4.69, 9.17) is 4.74 Å². The zero-order valence-corrected chi connectivity index (χ0v) is 24.2. The Morgan fingerprint density at radius 3 is 2.63 bits per heavy atom. The topological polar surface area (TPSA) is 115 Å². The van der Waals surface area contributed by atoms with E-state index >= 15 is 0 Å². The lowest BCUT2D eigenvalue weighted by Gasteiger charge is -2.16. The molecule has 0 saturated carbocycles. The molecule has 0 saturated heterocycles. The van der Waals surface area contributed by atoms with Gasteiger partial charge >= 0.3 is 6.09 Å². The second-order valence-electron chi connectivity index (χ2n) is 10.6. The molecule has 0 atom stereocenters. The molecule has 0 aliphatic heterocycles. The van der Waals surface area contributed by atoms with Crippen molar-refractivity contribution in [1.82, 2.24) is 29.5 Å². The highest BCUT2D eigenvalue weighted by Gasteiger charge is 2.16. The molecule has 2 aromatic carbocycles. The van der Waals surface area contributed by atoms with Gasteiger partial charge < -0.3 is 14.5 Å². The number of rotatable bonds is 8. The average Bonchev–Trinajstić information content (AvgIpc) is 3.63. The Kier molecular flexibility index (Phi) is 7.57. The molecule has 6 aromatic rings. The van der Waals surface area contributed by atoms with Crippen molar-refractivity contribution in [3.05, 3.63) is 125 Å². The van der Waals surface area contributed by atoms with Crippen LogP contribution in [0.15, 0.2) is 85.6 Å². The summed E-state index contributed by atoms with van der Waals surface area (Å²) in [5.41, 5.74) is 7.21. The van der Waals surface area contributed by atoms with Crippen LogP contribution in [0.4, 0.5) is 10.6 Å². The molecule has 10 heteroatoms. The summed E-state index contributed by atoms with van der Waals surface area (Å²) in [7, 11) is 0. The predicted molar refractivity (Wildman–Crippen MR) is 164 cm³/mol. The minimum atomic E-state index is -0.577. The number of amides is 2. The van der Waals surface area contributed by atoms with Gasteiger partial charge in [-0.05, 0) is 72.2 Å². The lowest BCUT2D eigenvalue weighted by molar-refractivity contribution is 0.0950. The third-order valence-electron chi connectivity index (χ3n) is 7.41. The van der Waals surface area contributed by atoms with E-state index in [0.29, 0.717) is 24.5 Å². The first-order valence-corrected chi connectivity index (χ1v) is 13.9. The lowest BCUT2D eigenvalue weighted by Crippen LogP contribution is -2.23. The van der Waals surface area contributed by atoms with Crippen LogP contribution in [-0.2, 0) is 24.4 Å². The Bertz CT molecular complexity index is 1960. The van der Waals surface area contributed by atoms with Crippen LogP contribution in [0.2, 0.25) is 0 Å². The van der Waals surface area contributed by atoms with Crippen LogP contribution in [0.25, 0.3) is 16.4 Å². The summed E-state index contributed by atoms with van der Waals surface area (Å²) < 4.78 is 9.08. The molecule has 0 aliphatic rings. The van der Waals surface area contributed by atoms with Crippen LogP contribution >= 0.6 is 0 Å². The Balaban J connectivity index is 1.12. The average molecular weight is 574 g/mol. The van der Waals surface area contributed by atoms with E-state index in [1.165, 1.54) is 0 Å². The number of hydrogen-bond donors (Lipinski definition) is 2. The maximum absolute atomic E-state index is 13.0. The molecule has 2 N–H and O–H groups in total. The van der Waals surface area contributed by atoms with Gasteiger partial charge in [0.15, 0.2) is 0 Å². The molecule has 10 nitrogen and oxygen atoms in total. The number of nitrogens with one attached hydrogen (secondary N) is 2. The van der Waals surface area contributed by atoms with E-state index in [-0.39, 0.29) is 12.5 Å². The van der Waals surface area contributed by atoms with E-state index < -0.39 is 6.09 Å². The number of ether oxygens (including phenoxy) is 1. The van der Waals surface area contributed by atoms with Crippen molar-refractivity contribution >= 4 is 34.2 Å². The molecular weight excluding hydrogens is 542 g/mol. The van der Waals surface area contributed by atoms with Gasteiger partial charge in [0.1, 0.15) is 18.1 Å². The fourth-order valence-electron chi connectivity index (χ4n) is 5.17. The minimum Gasteiger partial charge on any atom is -0.444 e. The molecule has 6 rings (SSSR count). The van der Waals surface area contributed by atoms with E-state index in [9.17, 15) is 9.59 Å². The number of imidazole rings is 1. The molecule has 43 heavy (non-hydrogen) atoms. The van der Waals surface area contributed by atoms with Crippen molar-refractivity contribution in [3.63, 3.8) is 0 Å². The summed E-state index contributed by atoms with van der Waals surface area (Å²) in [6, 6.07) is 17.4. The number of nitrogens with zero attached hydrogens (tertiary/aromatic N) is 5. The third kappa shape index (κ3) is 6.08. The van der Waals surface area contributed by atoms with E-state index in [1.54, 1.807) is 23.3 Å². The Morgan fingerprint density at radius 1 is 0.953 bits per heavy atom. The summed E-state index contributed by atoms with van der Waals surface area (Å²) >= 11 is 0. The first-order valence-electron chi connectivity index (χ1n) is 13.9. The normalized spacial score (nSPS) is 11.1. The molecule has 0 spiro atoms. The van der Waals surface area contributed by atoms with Crippen molar-refractivity contribution in [2.75, 3.05) is 5.32 Å². The molecule has 4 heterocycles. The van der Waals surface area contributed by atoms with Gasteiger partial charge in [-0.25, -0.2) is 14.8 Å². The SMILES string of the molecule is Cc1ccc2nc(Cn3cc(C(=O)NCc4c(C)cc5c(NC(=O)OCc6ccccc6)nccc5c4C)cn3)cn2c1. The van der Waals surface area contributed by atoms with Crippen LogP contribution in [0, 0.1) is 20.8 Å². The molecule has 0 aliphatic carbocycles. The molecule has 2 amide bonds. The molecule has 0 bridgehead atoms. The zero-order chi connectivity index (χ0) is 29.9. The first-order chi connectivity index (χ1) is 20.8. The number of carbonyl (C=O) groups is 2. The summed E-state index contributed by atoms with van der Waals surface area (Å²) in [6.45, 7) is 6.99. The fourth-order valence-corrected chi connectivity index (χ4v) is 5.17. The molecule has 216 valence electrons. The van der Waals surface area contributed by atoms with Crippen LogP contribution in [0.5, 0.6) is 0 Å². The van der Waals surface area contributed by atoms with Crippen molar-refractivity contribution in [3.8, 4) is 0 Å². The number of anilines is 1. The number of benzene rings is 2. The lowest BCUT2D eigenvalue weighted by atomic mass is 9.96. The van der Waals surface area contributed by atoms with Gasteiger partial charge in [0.25, 0.3) is 5.91 Å². The number of aryl methyl sites for hydroxylation is 3. The Labute approximate surface area is 248 Å². The van der Waals surface area contributed by atoms with Gasteiger partial charge in [0.05, 0.1) is 24.0 Å². The van der Waals surface area contributed by atoms with E-state index in [1.807, 2.05) is 92.2 Å². The van der Waals surface area contributed by atoms with Crippen molar-refractivity contribution < 1.29 is 14.3 Å². The van der Waals surface area contributed by atoms with Crippen molar-refractivity contribution in [1.29, 1.82) is 0 Å². The third-order valence-corrected chi connectivity index (χ3v) is 7.41.